The second-order valence-corrected chi connectivity index (χ2v) is 7.54. The Morgan fingerprint density at radius 1 is 0.710 bits per heavy atom. The van der Waals surface area contributed by atoms with Crippen LogP contribution in [-0.4, -0.2) is 0 Å². The van der Waals surface area contributed by atoms with Gasteiger partial charge in [0.05, 0.1) is 5.69 Å². The molecule has 0 fully saturated rings. The van der Waals surface area contributed by atoms with Crippen LogP contribution in [0.5, 0.6) is 0 Å². The number of rotatable bonds is 5. The Labute approximate surface area is 182 Å². The molecule has 0 amide bonds. The number of para-hydroxylation sites is 2. The second-order valence-electron chi connectivity index (χ2n) is 7.54. The van der Waals surface area contributed by atoms with Gasteiger partial charge in [-0.2, -0.15) is 0 Å². The lowest BCUT2D eigenvalue weighted by Gasteiger charge is -2.13. The molecule has 0 aliphatic heterocycles. The third-order valence-electron chi connectivity index (χ3n) is 5.62. The van der Waals surface area contributed by atoms with E-state index < -0.39 is 0 Å². The molecule has 2 heteroatoms. The molecule has 0 saturated carbocycles. The number of hydrogen-bond acceptors (Lipinski definition) is 2. The molecule has 0 aliphatic carbocycles. The summed E-state index contributed by atoms with van der Waals surface area (Å²) in [7, 11) is 0. The molecule has 0 aliphatic rings. The largest absolute Gasteiger partial charge is 0.459 e. The molecule has 2 nitrogen and oxygen atoms in total. The van der Waals surface area contributed by atoms with E-state index in [2.05, 4.69) is 90.8 Å². The van der Waals surface area contributed by atoms with E-state index in [9.17, 15) is 0 Å². The minimum absolute atomic E-state index is 0.858. The number of furan rings is 1. The van der Waals surface area contributed by atoms with Crippen LogP contribution in [0.1, 0.15) is 11.3 Å². The van der Waals surface area contributed by atoms with Crippen LogP contribution in [0.2, 0.25) is 0 Å². The zero-order chi connectivity index (χ0) is 21.2. The first-order valence-corrected chi connectivity index (χ1v) is 10.4. The molecule has 0 saturated heterocycles. The summed E-state index contributed by atoms with van der Waals surface area (Å²) in [6.45, 7) is 6.00. The average Bonchev–Trinajstić information content (AvgIpc) is 3.16. The van der Waals surface area contributed by atoms with Crippen molar-refractivity contribution in [3.8, 4) is 22.3 Å². The third kappa shape index (κ3) is 3.43. The van der Waals surface area contributed by atoms with E-state index in [1.54, 1.807) is 0 Å². The first-order valence-electron chi connectivity index (χ1n) is 10.4. The van der Waals surface area contributed by atoms with E-state index >= 15 is 0 Å². The van der Waals surface area contributed by atoms with Gasteiger partial charge in [0, 0.05) is 22.2 Å². The molecule has 1 N–H and O–H groups in total. The maximum atomic E-state index is 6.31. The first-order chi connectivity index (χ1) is 15.3. The maximum Gasteiger partial charge on any atom is 0.158 e. The zero-order valence-corrected chi connectivity index (χ0v) is 17.4. The van der Waals surface area contributed by atoms with Crippen LogP contribution < -0.4 is 5.32 Å². The molecule has 0 unspecified atom stereocenters. The van der Waals surface area contributed by atoms with Gasteiger partial charge in [0.1, 0.15) is 5.76 Å². The lowest BCUT2D eigenvalue weighted by Crippen LogP contribution is -1.93. The molecule has 1 heterocycles. The van der Waals surface area contributed by atoms with E-state index in [0.717, 1.165) is 50.4 Å². The average molecular weight is 402 g/mol. The van der Waals surface area contributed by atoms with Crippen molar-refractivity contribution in [1.29, 1.82) is 0 Å². The lowest BCUT2D eigenvalue weighted by atomic mass is 9.97. The molecule has 1 aromatic heterocycles. The fourth-order valence-corrected chi connectivity index (χ4v) is 4.18. The van der Waals surface area contributed by atoms with E-state index in [1.807, 2.05) is 31.2 Å². The summed E-state index contributed by atoms with van der Waals surface area (Å²) in [6, 6.07) is 33.3. The molecule has 4 aromatic carbocycles. The molecule has 0 bridgehead atoms. The fourth-order valence-electron chi connectivity index (χ4n) is 4.18. The van der Waals surface area contributed by atoms with Crippen LogP contribution in [-0.2, 0) is 0 Å². The van der Waals surface area contributed by atoms with Crippen molar-refractivity contribution in [2.75, 3.05) is 5.32 Å². The van der Waals surface area contributed by atoms with Crippen molar-refractivity contribution in [3.63, 3.8) is 0 Å². The first kappa shape index (κ1) is 19.0. The Bertz CT molecular complexity index is 1380. The normalized spacial score (nSPS) is 10.9. The van der Waals surface area contributed by atoms with Crippen molar-refractivity contribution < 1.29 is 4.42 Å². The molecule has 31 heavy (non-hydrogen) atoms. The number of hydrogen-bond donors (Lipinski definition) is 1. The van der Waals surface area contributed by atoms with Gasteiger partial charge in [-0.3, -0.25) is 0 Å². The standard InChI is InChI=1S/C29H23NO/c1-3-21-12-7-8-16-24(21)28-20(2)31-29-25(28)17-11-19-27(29)30-26-18-10-9-15-23(26)22-13-5-4-6-14-22/h3-19,30H,1H2,2H3. The van der Waals surface area contributed by atoms with Crippen molar-refractivity contribution in [3.05, 3.63) is 115 Å². The number of anilines is 2. The molecule has 0 radical (unpaired) electrons. The minimum atomic E-state index is 0.858. The number of nitrogens with one attached hydrogen (secondary N) is 1. The van der Waals surface area contributed by atoms with Gasteiger partial charge < -0.3 is 9.73 Å². The Kier molecular flexibility index (Phi) is 4.89. The molecular formula is C29H23NO. The van der Waals surface area contributed by atoms with Gasteiger partial charge in [-0.15, -0.1) is 0 Å². The van der Waals surface area contributed by atoms with Gasteiger partial charge >= 0.3 is 0 Å². The Morgan fingerprint density at radius 3 is 2.19 bits per heavy atom. The SMILES string of the molecule is C=Cc1ccccc1-c1c(C)oc2c(Nc3ccccc3-c3ccccc3)cccc12. The van der Waals surface area contributed by atoms with Gasteiger partial charge in [0.2, 0.25) is 0 Å². The monoisotopic (exact) mass is 401 g/mol. The Balaban J connectivity index is 1.64. The topological polar surface area (TPSA) is 25.2 Å². The minimum Gasteiger partial charge on any atom is -0.459 e. The van der Waals surface area contributed by atoms with Gasteiger partial charge in [-0.1, -0.05) is 97.6 Å². The highest BCUT2D eigenvalue weighted by Crippen LogP contribution is 2.41. The van der Waals surface area contributed by atoms with Crippen molar-refractivity contribution in [1.82, 2.24) is 0 Å². The number of benzene rings is 4. The number of fused-ring (bicyclic) bond motifs is 1. The summed E-state index contributed by atoms with van der Waals surface area (Å²) in [4.78, 5) is 0. The summed E-state index contributed by atoms with van der Waals surface area (Å²) in [5.41, 5.74) is 8.53. The summed E-state index contributed by atoms with van der Waals surface area (Å²) >= 11 is 0. The molecule has 5 rings (SSSR count). The highest BCUT2D eigenvalue weighted by Gasteiger charge is 2.17. The second kappa shape index (κ2) is 8.00. The van der Waals surface area contributed by atoms with Crippen LogP contribution in [0.4, 0.5) is 11.4 Å². The summed E-state index contributed by atoms with van der Waals surface area (Å²) in [5, 5.41) is 4.71. The number of aryl methyl sites for hydroxylation is 1. The van der Waals surface area contributed by atoms with Crippen molar-refractivity contribution in [2.45, 2.75) is 6.92 Å². The van der Waals surface area contributed by atoms with Crippen LogP contribution in [0.15, 0.2) is 108 Å². The summed E-state index contributed by atoms with van der Waals surface area (Å²) < 4.78 is 6.31. The highest BCUT2D eigenvalue weighted by atomic mass is 16.3. The van der Waals surface area contributed by atoms with Crippen molar-refractivity contribution in [2.24, 2.45) is 0 Å². The predicted octanol–water partition coefficient (Wildman–Crippen LogP) is 8.46. The van der Waals surface area contributed by atoms with Gasteiger partial charge in [-0.25, -0.2) is 0 Å². The van der Waals surface area contributed by atoms with E-state index in [1.165, 1.54) is 5.56 Å². The van der Waals surface area contributed by atoms with Gasteiger partial charge in [0.15, 0.2) is 5.58 Å². The van der Waals surface area contributed by atoms with Crippen LogP contribution in [0.3, 0.4) is 0 Å². The predicted molar refractivity (Wildman–Crippen MR) is 132 cm³/mol. The molecule has 0 spiro atoms. The van der Waals surface area contributed by atoms with Crippen LogP contribution in [0, 0.1) is 6.92 Å². The Morgan fingerprint density at radius 2 is 1.39 bits per heavy atom. The fraction of sp³-hybridized carbons (Fsp3) is 0.0345. The molecule has 0 atom stereocenters. The smallest absolute Gasteiger partial charge is 0.158 e. The zero-order valence-electron chi connectivity index (χ0n) is 17.4. The van der Waals surface area contributed by atoms with Gasteiger partial charge in [-0.05, 0) is 35.7 Å². The van der Waals surface area contributed by atoms with E-state index in [-0.39, 0.29) is 0 Å². The molecular weight excluding hydrogens is 378 g/mol. The van der Waals surface area contributed by atoms with Crippen LogP contribution in [0.25, 0.3) is 39.3 Å². The molecule has 150 valence electrons. The quantitative estimate of drug-likeness (QED) is 0.319. The van der Waals surface area contributed by atoms with Gasteiger partial charge in [0.25, 0.3) is 0 Å². The summed E-state index contributed by atoms with van der Waals surface area (Å²) in [5.74, 6) is 0.898. The molecule has 5 aromatic rings. The summed E-state index contributed by atoms with van der Waals surface area (Å²) in [6.07, 6.45) is 1.89. The van der Waals surface area contributed by atoms with E-state index in [4.69, 9.17) is 4.42 Å². The maximum absolute atomic E-state index is 6.31. The highest BCUT2D eigenvalue weighted by molar-refractivity contribution is 6.03. The van der Waals surface area contributed by atoms with Crippen LogP contribution >= 0.6 is 0 Å². The van der Waals surface area contributed by atoms with E-state index in [0.29, 0.717) is 0 Å². The third-order valence-corrected chi connectivity index (χ3v) is 5.62. The lowest BCUT2D eigenvalue weighted by molar-refractivity contribution is 0.581. The Hall–Kier alpha value is -4.04. The van der Waals surface area contributed by atoms with Crippen molar-refractivity contribution >= 4 is 28.4 Å².